The van der Waals surface area contributed by atoms with Crippen LogP contribution in [-0.2, 0) is 13.5 Å². The summed E-state index contributed by atoms with van der Waals surface area (Å²) in [6.45, 7) is 5.38. The van der Waals surface area contributed by atoms with E-state index in [-0.39, 0.29) is 0 Å². The molecule has 17 heavy (non-hydrogen) atoms. The van der Waals surface area contributed by atoms with E-state index in [1.807, 2.05) is 11.7 Å². The third-order valence-electron chi connectivity index (χ3n) is 3.70. The van der Waals surface area contributed by atoms with Crippen molar-refractivity contribution in [1.82, 2.24) is 15.1 Å². The second kappa shape index (κ2) is 5.67. The summed E-state index contributed by atoms with van der Waals surface area (Å²) in [6, 6.07) is 2.97. The minimum Gasteiger partial charge on any atom is -0.314 e. The van der Waals surface area contributed by atoms with Gasteiger partial charge < -0.3 is 5.32 Å². The Bertz CT molecular complexity index is 352. The molecule has 1 fully saturated rings. The molecule has 0 aromatic carbocycles. The van der Waals surface area contributed by atoms with Gasteiger partial charge in [0.1, 0.15) is 0 Å². The monoisotopic (exact) mass is 235 g/mol. The lowest BCUT2D eigenvalue weighted by molar-refractivity contribution is 0.432. The van der Waals surface area contributed by atoms with Crippen LogP contribution in [0.4, 0.5) is 0 Å². The van der Waals surface area contributed by atoms with Gasteiger partial charge in [-0.1, -0.05) is 6.92 Å². The van der Waals surface area contributed by atoms with Gasteiger partial charge in [-0.2, -0.15) is 5.10 Å². The largest absolute Gasteiger partial charge is 0.314 e. The molecule has 0 aliphatic heterocycles. The first-order chi connectivity index (χ1) is 8.20. The minimum atomic E-state index is 0.759. The summed E-state index contributed by atoms with van der Waals surface area (Å²) >= 11 is 0. The predicted octanol–water partition coefficient (Wildman–Crippen LogP) is 2.44. The molecule has 96 valence electrons. The van der Waals surface area contributed by atoms with Crippen molar-refractivity contribution in [2.24, 2.45) is 13.0 Å². The molecule has 3 nitrogen and oxygen atoms in total. The molecule has 1 aromatic rings. The number of aryl methyl sites for hydroxylation is 3. The Morgan fingerprint density at radius 2 is 2.29 bits per heavy atom. The molecule has 1 saturated carbocycles. The Morgan fingerprint density at radius 3 is 2.82 bits per heavy atom. The van der Waals surface area contributed by atoms with Gasteiger partial charge in [0.25, 0.3) is 0 Å². The summed E-state index contributed by atoms with van der Waals surface area (Å²) in [7, 11) is 2.05. The quantitative estimate of drug-likeness (QED) is 0.786. The lowest BCUT2D eigenvalue weighted by Crippen LogP contribution is -2.30. The van der Waals surface area contributed by atoms with Crippen LogP contribution in [-0.4, -0.2) is 22.4 Å². The minimum absolute atomic E-state index is 0.759. The highest BCUT2D eigenvalue weighted by atomic mass is 15.3. The van der Waals surface area contributed by atoms with Crippen LogP contribution in [0.15, 0.2) is 6.07 Å². The van der Waals surface area contributed by atoms with Gasteiger partial charge >= 0.3 is 0 Å². The maximum absolute atomic E-state index is 4.39. The molecule has 1 aliphatic rings. The molecule has 0 spiro atoms. The second-order valence-corrected chi connectivity index (χ2v) is 5.29. The van der Waals surface area contributed by atoms with Gasteiger partial charge in [-0.15, -0.1) is 0 Å². The Morgan fingerprint density at radius 1 is 1.53 bits per heavy atom. The zero-order chi connectivity index (χ0) is 12.3. The zero-order valence-electron chi connectivity index (χ0n) is 11.4. The van der Waals surface area contributed by atoms with Crippen LogP contribution in [0.3, 0.4) is 0 Å². The number of nitrogens with zero attached hydrogens (tertiary/aromatic N) is 2. The van der Waals surface area contributed by atoms with Gasteiger partial charge in [0.15, 0.2) is 0 Å². The van der Waals surface area contributed by atoms with Gasteiger partial charge in [-0.05, 0) is 57.6 Å². The topological polar surface area (TPSA) is 29.9 Å². The predicted molar refractivity (Wildman–Crippen MR) is 71.1 cm³/mol. The molecule has 3 heteroatoms. The normalized spacial score (nSPS) is 17.4. The van der Waals surface area contributed by atoms with Gasteiger partial charge in [0.2, 0.25) is 0 Å². The molecular formula is C14H25N3. The van der Waals surface area contributed by atoms with Crippen molar-refractivity contribution < 1.29 is 0 Å². The summed E-state index contributed by atoms with van der Waals surface area (Å²) in [4.78, 5) is 0. The molecule has 1 aromatic heterocycles. The molecule has 1 N–H and O–H groups in total. The molecule has 1 heterocycles. The average Bonchev–Trinajstić information content (AvgIpc) is 3.05. The number of nitrogens with one attached hydrogen (secondary N) is 1. The van der Waals surface area contributed by atoms with E-state index in [9.17, 15) is 0 Å². The molecular weight excluding hydrogens is 210 g/mol. The number of hydrogen-bond donors (Lipinski definition) is 1. The highest BCUT2D eigenvalue weighted by molar-refractivity contribution is 5.08. The maximum atomic E-state index is 4.39. The van der Waals surface area contributed by atoms with Crippen LogP contribution in [0.2, 0.25) is 0 Å². The Hall–Kier alpha value is -0.830. The van der Waals surface area contributed by atoms with Crippen molar-refractivity contribution >= 4 is 0 Å². The number of hydrogen-bond acceptors (Lipinski definition) is 2. The van der Waals surface area contributed by atoms with Crippen molar-refractivity contribution in [2.45, 2.75) is 52.0 Å². The molecule has 1 aliphatic carbocycles. The summed E-state index contributed by atoms with van der Waals surface area (Å²) < 4.78 is 2.02. The van der Waals surface area contributed by atoms with Gasteiger partial charge in [0, 0.05) is 18.8 Å². The van der Waals surface area contributed by atoms with Crippen LogP contribution in [0.25, 0.3) is 0 Å². The van der Waals surface area contributed by atoms with E-state index in [1.54, 1.807) is 0 Å². The Labute approximate surface area is 105 Å². The molecule has 2 rings (SSSR count). The van der Waals surface area contributed by atoms with E-state index in [1.165, 1.54) is 31.4 Å². The number of aromatic nitrogens is 2. The fourth-order valence-corrected chi connectivity index (χ4v) is 2.67. The lowest BCUT2D eigenvalue weighted by atomic mass is 10.0. The van der Waals surface area contributed by atoms with Crippen LogP contribution in [0.1, 0.15) is 44.0 Å². The van der Waals surface area contributed by atoms with Crippen molar-refractivity contribution in [3.8, 4) is 0 Å². The first-order valence-electron chi connectivity index (χ1n) is 6.93. The fraction of sp³-hybridized carbons (Fsp3) is 0.786. The molecule has 1 unspecified atom stereocenters. The SMILES string of the molecule is CCNC(CCCc1cc(C)nn1C)C1CC1. The summed E-state index contributed by atoms with van der Waals surface area (Å²) in [6.07, 6.45) is 6.60. The van der Waals surface area contributed by atoms with Crippen molar-refractivity contribution in [3.63, 3.8) is 0 Å². The fourth-order valence-electron chi connectivity index (χ4n) is 2.67. The summed E-state index contributed by atoms with van der Waals surface area (Å²) in [5, 5.41) is 8.02. The zero-order valence-corrected chi connectivity index (χ0v) is 11.4. The van der Waals surface area contributed by atoms with Gasteiger partial charge in [-0.25, -0.2) is 0 Å². The van der Waals surface area contributed by atoms with Crippen LogP contribution in [0, 0.1) is 12.8 Å². The third-order valence-corrected chi connectivity index (χ3v) is 3.70. The van der Waals surface area contributed by atoms with E-state index < -0.39 is 0 Å². The van der Waals surface area contributed by atoms with Crippen molar-refractivity contribution in [3.05, 3.63) is 17.5 Å². The van der Waals surface area contributed by atoms with Crippen molar-refractivity contribution in [2.75, 3.05) is 6.54 Å². The van der Waals surface area contributed by atoms with Crippen LogP contribution < -0.4 is 5.32 Å². The smallest absolute Gasteiger partial charge is 0.0596 e. The van der Waals surface area contributed by atoms with E-state index >= 15 is 0 Å². The first kappa shape index (κ1) is 12.6. The molecule has 0 amide bonds. The van der Waals surface area contributed by atoms with Crippen LogP contribution >= 0.6 is 0 Å². The molecule has 0 saturated heterocycles. The standard InChI is InChI=1S/C14H25N3/c1-4-15-14(12-8-9-12)7-5-6-13-10-11(2)16-17(13)3/h10,12,14-15H,4-9H2,1-3H3. The van der Waals surface area contributed by atoms with E-state index in [0.717, 1.165) is 30.6 Å². The van der Waals surface area contributed by atoms with E-state index in [0.29, 0.717) is 0 Å². The van der Waals surface area contributed by atoms with E-state index in [2.05, 4.69) is 30.3 Å². The first-order valence-corrected chi connectivity index (χ1v) is 6.93. The Kier molecular flexibility index (Phi) is 4.21. The maximum Gasteiger partial charge on any atom is 0.0596 e. The molecule has 0 radical (unpaired) electrons. The summed E-state index contributed by atoms with van der Waals surface area (Å²) in [5.74, 6) is 0.961. The highest BCUT2D eigenvalue weighted by Crippen LogP contribution is 2.34. The molecule has 0 bridgehead atoms. The second-order valence-electron chi connectivity index (χ2n) is 5.29. The third kappa shape index (κ3) is 3.56. The average molecular weight is 235 g/mol. The highest BCUT2D eigenvalue weighted by Gasteiger charge is 2.29. The molecule has 1 atom stereocenters. The van der Waals surface area contributed by atoms with Crippen molar-refractivity contribution in [1.29, 1.82) is 0 Å². The van der Waals surface area contributed by atoms with Gasteiger partial charge in [-0.3, -0.25) is 4.68 Å². The van der Waals surface area contributed by atoms with E-state index in [4.69, 9.17) is 0 Å². The van der Waals surface area contributed by atoms with Crippen LogP contribution in [0.5, 0.6) is 0 Å². The van der Waals surface area contributed by atoms with Gasteiger partial charge in [0.05, 0.1) is 5.69 Å². The number of rotatable bonds is 7. The lowest BCUT2D eigenvalue weighted by Gasteiger charge is -2.16. The summed E-state index contributed by atoms with van der Waals surface area (Å²) in [5.41, 5.74) is 2.50. The Balaban J connectivity index is 1.76.